The molecule has 0 unspecified atom stereocenters. The van der Waals surface area contributed by atoms with E-state index in [-0.39, 0.29) is 30.3 Å². The van der Waals surface area contributed by atoms with Crippen LogP contribution in [-0.4, -0.2) is 55.9 Å². The van der Waals surface area contributed by atoms with E-state index in [9.17, 15) is 4.79 Å². The Morgan fingerprint density at radius 3 is 2.29 bits per heavy atom. The number of hydrogen-bond donors (Lipinski definition) is 0. The zero-order valence-corrected chi connectivity index (χ0v) is 14.3. The lowest BCUT2D eigenvalue weighted by atomic mass is 9.90. The molecule has 1 aliphatic rings. The maximum atomic E-state index is 11.2. The highest BCUT2D eigenvalue weighted by Crippen LogP contribution is 2.36. The molecule has 0 radical (unpaired) electrons. The monoisotopic (exact) mass is 297 g/mol. The van der Waals surface area contributed by atoms with Crippen molar-refractivity contribution >= 4 is 13.1 Å². The first kappa shape index (κ1) is 18.2. The zero-order chi connectivity index (χ0) is 16.3. The maximum absolute atomic E-state index is 11.2. The van der Waals surface area contributed by atoms with Gasteiger partial charge in [0.25, 0.3) is 0 Å². The number of esters is 1. The number of nitrogens with zero attached hydrogens (tertiary/aromatic N) is 1. The van der Waals surface area contributed by atoms with Gasteiger partial charge in [-0.15, -0.1) is 0 Å². The topological polar surface area (TPSA) is 48.0 Å². The van der Waals surface area contributed by atoms with Gasteiger partial charge in [-0.1, -0.05) is 12.1 Å². The molecule has 1 heterocycles. The molecule has 0 spiro atoms. The van der Waals surface area contributed by atoms with Crippen LogP contribution in [0.4, 0.5) is 0 Å². The second-order valence-electron chi connectivity index (χ2n) is 6.62. The summed E-state index contributed by atoms with van der Waals surface area (Å²) in [5.41, 5.74) is -0.627. The van der Waals surface area contributed by atoms with Gasteiger partial charge in [0, 0.05) is 12.6 Å². The van der Waals surface area contributed by atoms with Gasteiger partial charge in [-0.05, 0) is 41.7 Å². The van der Waals surface area contributed by atoms with Gasteiger partial charge >= 0.3 is 13.1 Å². The predicted octanol–water partition coefficient (Wildman–Crippen LogP) is 2.06. The van der Waals surface area contributed by atoms with Crippen molar-refractivity contribution in [1.29, 1.82) is 0 Å². The van der Waals surface area contributed by atoms with E-state index in [4.69, 9.17) is 9.31 Å². The molecular weight excluding hydrogens is 269 g/mol. The minimum atomic E-state index is -0.320. The summed E-state index contributed by atoms with van der Waals surface area (Å²) in [6.07, 6.45) is 2.40. The molecule has 1 fully saturated rings. The maximum Gasteiger partial charge on any atom is 0.486 e. The standard InChI is InChI=1S/C15H28BNO4/c1-12(11-13(18)19-7)17(6)10-8-9-16-20-14(2,3)15(4,5)21-16/h8-9,12H,10-11H2,1-7H3/b9-8+/t12-/m0/s1. The molecule has 1 rings (SSSR count). The Labute approximate surface area is 128 Å². The largest absolute Gasteiger partial charge is 0.486 e. The molecule has 0 aliphatic carbocycles. The fraction of sp³-hybridized carbons (Fsp3) is 0.800. The molecule has 0 bridgehead atoms. The van der Waals surface area contributed by atoms with Crippen LogP contribution < -0.4 is 0 Å². The number of ether oxygens (including phenoxy) is 1. The van der Waals surface area contributed by atoms with Crippen LogP contribution in [0.15, 0.2) is 12.1 Å². The summed E-state index contributed by atoms with van der Waals surface area (Å²) in [5.74, 6) is 1.74. The average Bonchev–Trinajstić information content (AvgIpc) is 2.57. The van der Waals surface area contributed by atoms with Crippen LogP contribution in [0, 0.1) is 0 Å². The third kappa shape index (κ3) is 4.83. The molecule has 0 saturated carbocycles. The lowest BCUT2D eigenvalue weighted by molar-refractivity contribution is -0.141. The first-order valence-electron chi connectivity index (χ1n) is 7.38. The Hall–Kier alpha value is -0.845. The molecule has 1 atom stereocenters. The Bertz CT molecular complexity index is 379. The highest BCUT2D eigenvalue weighted by atomic mass is 16.7. The number of methoxy groups -OCH3 is 1. The van der Waals surface area contributed by atoms with E-state index in [1.54, 1.807) is 0 Å². The quantitative estimate of drug-likeness (QED) is 0.555. The smallest absolute Gasteiger partial charge is 0.469 e. The van der Waals surface area contributed by atoms with E-state index in [2.05, 4.69) is 9.64 Å². The highest BCUT2D eigenvalue weighted by Gasteiger charge is 2.49. The molecular formula is C15H28BNO4. The number of likely N-dealkylation sites (N-methyl/N-ethyl adjacent to an activating group) is 1. The van der Waals surface area contributed by atoms with Crippen LogP contribution >= 0.6 is 0 Å². The lowest BCUT2D eigenvalue weighted by Crippen LogP contribution is -2.41. The van der Waals surface area contributed by atoms with Crippen molar-refractivity contribution in [3.63, 3.8) is 0 Å². The van der Waals surface area contributed by atoms with E-state index in [0.717, 1.165) is 6.54 Å². The molecule has 1 aliphatic heterocycles. The van der Waals surface area contributed by atoms with Crippen molar-refractivity contribution in [1.82, 2.24) is 4.90 Å². The van der Waals surface area contributed by atoms with Crippen LogP contribution in [0.1, 0.15) is 41.0 Å². The molecule has 120 valence electrons. The minimum absolute atomic E-state index is 0.125. The molecule has 0 amide bonds. The number of hydrogen-bond acceptors (Lipinski definition) is 5. The third-order valence-electron chi connectivity index (χ3n) is 4.40. The first-order chi connectivity index (χ1) is 9.59. The first-order valence-corrected chi connectivity index (χ1v) is 7.38. The normalized spacial score (nSPS) is 22.0. The van der Waals surface area contributed by atoms with Crippen molar-refractivity contribution in [2.75, 3.05) is 20.7 Å². The molecule has 0 N–H and O–H groups in total. The van der Waals surface area contributed by atoms with Crippen molar-refractivity contribution < 1.29 is 18.8 Å². The van der Waals surface area contributed by atoms with Gasteiger partial charge in [0.05, 0.1) is 24.7 Å². The van der Waals surface area contributed by atoms with Crippen LogP contribution in [0.2, 0.25) is 0 Å². The predicted molar refractivity (Wildman–Crippen MR) is 83.9 cm³/mol. The summed E-state index contributed by atoms with van der Waals surface area (Å²) in [6, 6.07) is 0.125. The number of carbonyl (C=O) groups is 1. The molecule has 5 nitrogen and oxygen atoms in total. The molecule has 6 heteroatoms. The highest BCUT2D eigenvalue weighted by molar-refractivity contribution is 6.51. The molecule has 0 aromatic rings. The van der Waals surface area contributed by atoms with Crippen molar-refractivity contribution in [3.8, 4) is 0 Å². The van der Waals surface area contributed by atoms with Crippen molar-refractivity contribution in [2.45, 2.75) is 58.3 Å². The minimum Gasteiger partial charge on any atom is -0.469 e. The van der Waals surface area contributed by atoms with E-state index in [1.165, 1.54) is 7.11 Å². The average molecular weight is 297 g/mol. The number of rotatable bonds is 6. The molecule has 0 aromatic heterocycles. The van der Waals surface area contributed by atoms with Gasteiger partial charge in [0.1, 0.15) is 0 Å². The van der Waals surface area contributed by atoms with Crippen LogP contribution in [0.3, 0.4) is 0 Å². The fourth-order valence-corrected chi connectivity index (χ4v) is 1.97. The molecule has 0 aromatic carbocycles. The molecule has 21 heavy (non-hydrogen) atoms. The van der Waals surface area contributed by atoms with Gasteiger partial charge < -0.3 is 14.0 Å². The van der Waals surface area contributed by atoms with Crippen molar-refractivity contribution in [2.24, 2.45) is 0 Å². The SMILES string of the molecule is COC(=O)C[C@H](C)N(C)C/C=C/B1OC(C)(C)C(C)(C)O1. The van der Waals surface area contributed by atoms with Crippen LogP contribution in [-0.2, 0) is 18.8 Å². The Morgan fingerprint density at radius 2 is 1.81 bits per heavy atom. The van der Waals surface area contributed by atoms with Gasteiger partial charge in [0.15, 0.2) is 0 Å². The van der Waals surface area contributed by atoms with Gasteiger partial charge in [-0.2, -0.15) is 0 Å². The van der Waals surface area contributed by atoms with Crippen LogP contribution in [0.5, 0.6) is 0 Å². The van der Waals surface area contributed by atoms with Gasteiger partial charge in [0.2, 0.25) is 0 Å². The summed E-state index contributed by atoms with van der Waals surface area (Å²) >= 11 is 0. The second-order valence-corrected chi connectivity index (χ2v) is 6.62. The Balaban J connectivity index is 2.43. The van der Waals surface area contributed by atoms with Gasteiger partial charge in [-0.25, -0.2) is 0 Å². The van der Waals surface area contributed by atoms with E-state index in [0.29, 0.717) is 6.42 Å². The number of carbonyl (C=O) groups excluding carboxylic acids is 1. The fourth-order valence-electron chi connectivity index (χ4n) is 1.97. The molecule has 1 saturated heterocycles. The summed E-state index contributed by atoms with van der Waals surface area (Å²) in [4.78, 5) is 13.3. The van der Waals surface area contributed by atoms with Crippen LogP contribution in [0.25, 0.3) is 0 Å². The summed E-state index contributed by atoms with van der Waals surface area (Å²) in [6.45, 7) is 10.9. The van der Waals surface area contributed by atoms with Gasteiger partial charge in [-0.3, -0.25) is 9.69 Å². The summed E-state index contributed by atoms with van der Waals surface area (Å²) < 4.78 is 16.5. The van der Waals surface area contributed by atoms with E-state index >= 15 is 0 Å². The summed E-state index contributed by atoms with van der Waals surface area (Å²) in [5, 5.41) is 0. The van der Waals surface area contributed by atoms with E-state index in [1.807, 2.05) is 53.7 Å². The summed E-state index contributed by atoms with van der Waals surface area (Å²) in [7, 11) is 3.06. The van der Waals surface area contributed by atoms with E-state index < -0.39 is 0 Å². The Kier molecular flexibility index (Phi) is 6.02. The zero-order valence-electron chi connectivity index (χ0n) is 14.3. The van der Waals surface area contributed by atoms with Crippen molar-refractivity contribution in [3.05, 3.63) is 12.1 Å². The third-order valence-corrected chi connectivity index (χ3v) is 4.40. The second kappa shape index (κ2) is 6.94. The lowest BCUT2D eigenvalue weighted by Gasteiger charge is -2.32. The Morgan fingerprint density at radius 1 is 1.29 bits per heavy atom.